The van der Waals surface area contributed by atoms with E-state index in [0.29, 0.717) is 25.1 Å². The number of sulfonamides is 1. The van der Waals surface area contributed by atoms with Crippen molar-refractivity contribution in [1.29, 1.82) is 0 Å². The lowest BCUT2D eigenvalue weighted by molar-refractivity contribution is -0.148. The first-order chi connectivity index (χ1) is 16.2. The first kappa shape index (κ1) is 25.1. The Morgan fingerprint density at radius 2 is 1.94 bits per heavy atom. The van der Waals surface area contributed by atoms with Gasteiger partial charge in [-0.05, 0) is 38.0 Å². The summed E-state index contributed by atoms with van der Waals surface area (Å²) in [6.45, 7) is 2.77. The van der Waals surface area contributed by atoms with Gasteiger partial charge >= 0.3 is 11.9 Å². The molecule has 0 unspecified atom stereocenters. The fourth-order valence-corrected chi connectivity index (χ4v) is 4.79. The Morgan fingerprint density at radius 3 is 2.59 bits per heavy atom. The summed E-state index contributed by atoms with van der Waals surface area (Å²) in [5.41, 5.74) is -0.202. The molecule has 1 fully saturated rings. The molecule has 3 rings (SSSR count). The summed E-state index contributed by atoms with van der Waals surface area (Å²) in [5, 5.41) is 9.76. The second-order valence-electron chi connectivity index (χ2n) is 7.56. The minimum Gasteiger partial charge on any atom is -0.493 e. The van der Waals surface area contributed by atoms with Crippen molar-refractivity contribution in [2.45, 2.75) is 24.7 Å². The molecule has 2 N–H and O–H groups in total. The lowest BCUT2D eigenvalue weighted by Crippen LogP contribution is -2.40. The monoisotopic (exact) mass is 493 g/mol. The molecule has 1 aliphatic heterocycles. The van der Waals surface area contributed by atoms with Gasteiger partial charge in [0.15, 0.2) is 11.5 Å². The molecule has 0 aliphatic carbocycles. The summed E-state index contributed by atoms with van der Waals surface area (Å²) < 4.78 is 43.5. The van der Waals surface area contributed by atoms with Crippen LogP contribution in [0.15, 0.2) is 35.4 Å². The van der Waals surface area contributed by atoms with E-state index in [0.717, 1.165) is 0 Å². The molecule has 12 heteroatoms. The summed E-state index contributed by atoms with van der Waals surface area (Å²) in [7, 11) is -1.25. The number of rotatable bonds is 9. The minimum absolute atomic E-state index is 0.0186. The van der Waals surface area contributed by atoms with Gasteiger partial charge in [0.25, 0.3) is 10.0 Å². The average molecular weight is 494 g/mol. The Kier molecular flexibility index (Phi) is 7.82. The quantitative estimate of drug-likeness (QED) is 0.500. The third kappa shape index (κ3) is 5.50. The van der Waals surface area contributed by atoms with Gasteiger partial charge in [-0.2, -0.15) is 0 Å². The van der Waals surface area contributed by atoms with E-state index < -0.39 is 16.0 Å². The van der Waals surface area contributed by atoms with Crippen LogP contribution in [0.3, 0.4) is 0 Å². The van der Waals surface area contributed by atoms with E-state index in [-0.39, 0.29) is 52.8 Å². The van der Waals surface area contributed by atoms with Gasteiger partial charge in [-0.25, -0.2) is 18.2 Å². The highest BCUT2D eigenvalue weighted by Gasteiger charge is 2.30. The molecule has 0 spiro atoms. The van der Waals surface area contributed by atoms with Crippen LogP contribution in [-0.2, 0) is 19.6 Å². The number of hydrogen-bond acceptors (Lipinski definition) is 9. The van der Waals surface area contributed by atoms with E-state index in [1.54, 1.807) is 11.8 Å². The van der Waals surface area contributed by atoms with Gasteiger partial charge in [0, 0.05) is 19.2 Å². The van der Waals surface area contributed by atoms with Crippen molar-refractivity contribution in [2.24, 2.45) is 5.92 Å². The van der Waals surface area contributed by atoms with Crippen LogP contribution in [0.25, 0.3) is 0 Å². The molecular weight excluding hydrogens is 466 g/mol. The number of piperidine rings is 1. The van der Waals surface area contributed by atoms with Crippen LogP contribution in [-0.4, -0.2) is 64.4 Å². The summed E-state index contributed by atoms with van der Waals surface area (Å²) in [5.74, 6) is -1.23. The van der Waals surface area contributed by atoms with E-state index in [1.165, 1.54) is 44.7 Å². The number of esters is 1. The number of pyridine rings is 1. The van der Waals surface area contributed by atoms with Crippen molar-refractivity contribution < 1.29 is 37.3 Å². The highest BCUT2D eigenvalue weighted by molar-refractivity contribution is 7.92. The lowest BCUT2D eigenvalue weighted by atomic mass is 9.98. The number of ether oxygens (including phenoxy) is 3. The number of carbonyl (C=O) groups excluding carboxylic acids is 1. The van der Waals surface area contributed by atoms with Crippen LogP contribution in [0.2, 0.25) is 0 Å². The lowest BCUT2D eigenvalue weighted by Gasteiger charge is -2.33. The van der Waals surface area contributed by atoms with Crippen molar-refractivity contribution in [3.8, 4) is 11.5 Å². The first-order valence-corrected chi connectivity index (χ1v) is 12.1. The van der Waals surface area contributed by atoms with Crippen LogP contribution in [0.1, 0.15) is 30.1 Å². The molecule has 1 aromatic carbocycles. The number of anilines is 2. The van der Waals surface area contributed by atoms with E-state index in [9.17, 15) is 23.1 Å². The molecule has 0 radical (unpaired) electrons. The molecule has 184 valence electrons. The third-order valence-corrected chi connectivity index (χ3v) is 6.73. The standard InChI is InChI=1S/C22H27N3O8S/c1-4-33-22(28)14-6-5-9-25(13-14)20-17(21(26)27)10-15(12-23-20)24-34(29,30)16-7-8-18(31-2)19(11-16)32-3/h7-8,10-12,14,24H,4-6,9,13H2,1-3H3,(H,26,27)/t14-/m0/s1. The van der Waals surface area contributed by atoms with Crippen molar-refractivity contribution >= 4 is 33.5 Å². The van der Waals surface area contributed by atoms with Gasteiger partial charge in [-0.15, -0.1) is 0 Å². The number of nitrogens with one attached hydrogen (secondary N) is 1. The molecule has 2 aromatic rings. The highest BCUT2D eigenvalue weighted by atomic mass is 32.2. The maximum atomic E-state index is 12.9. The van der Waals surface area contributed by atoms with Gasteiger partial charge in [-0.1, -0.05) is 0 Å². The normalized spacial score (nSPS) is 16.0. The van der Waals surface area contributed by atoms with Crippen molar-refractivity contribution in [3.63, 3.8) is 0 Å². The zero-order valence-electron chi connectivity index (χ0n) is 19.1. The van der Waals surface area contributed by atoms with Crippen LogP contribution >= 0.6 is 0 Å². The summed E-state index contributed by atoms with van der Waals surface area (Å²) >= 11 is 0. The largest absolute Gasteiger partial charge is 0.493 e. The number of nitrogens with zero attached hydrogens (tertiary/aromatic N) is 2. The number of carbonyl (C=O) groups is 2. The molecule has 0 bridgehead atoms. The highest BCUT2D eigenvalue weighted by Crippen LogP contribution is 2.31. The summed E-state index contributed by atoms with van der Waals surface area (Å²) in [6, 6.07) is 5.29. The number of aromatic nitrogens is 1. The maximum absolute atomic E-state index is 12.9. The van der Waals surface area contributed by atoms with Gasteiger partial charge in [0.1, 0.15) is 11.4 Å². The Hall–Kier alpha value is -3.54. The van der Waals surface area contributed by atoms with Crippen molar-refractivity contribution in [1.82, 2.24) is 4.98 Å². The summed E-state index contributed by atoms with van der Waals surface area (Å²) in [6.07, 6.45) is 2.55. The summed E-state index contributed by atoms with van der Waals surface area (Å²) in [4.78, 5) is 29.9. The molecule has 34 heavy (non-hydrogen) atoms. The molecule has 1 aromatic heterocycles. The number of hydrogen-bond donors (Lipinski definition) is 2. The molecule has 1 atom stereocenters. The topological polar surface area (TPSA) is 144 Å². The van der Waals surface area contributed by atoms with Crippen LogP contribution in [0.5, 0.6) is 11.5 Å². The number of aromatic carboxylic acids is 1. The number of benzene rings is 1. The van der Waals surface area contributed by atoms with Crippen LogP contribution in [0.4, 0.5) is 11.5 Å². The minimum atomic E-state index is -4.07. The first-order valence-electron chi connectivity index (χ1n) is 10.6. The van der Waals surface area contributed by atoms with E-state index in [2.05, 4.69) is 9.71 Å². The zero-order chi connectivity index (χ0) is 24.9. The fraction of sp³-hybridized carbons (Fsp3) is 0.409. The molecule has 2 heterocycles. The van der Waals surface area contributed by atoms with Crippen molar-refractivity contribution in [2.75, 3.05) is 43.5 Å². The van der Waals surface area contributed by atoms with E-state index in [4.69, 9.17) is 14.2 Å². The Bertz CT molecular complexity index is 1170. The molecule has 1 aliphatic rings. The van der Waals surface area contributed by atoms with Crippen LogP contribution in [0, 0.1) is 5.92 Å². The van der Waals surface area contributed by atoms with Gasteiger partial charge < -0.3 is 24.2 Å². The van der Waals surface area contributed by atoms with Gasteiger partial charge in [0.05, 0.1) is 43.5 Å². The third-order valence-electron chi connectivity index (χ3n) is 5.36. The zero-order valence-corrected chi connectivity index (χ0v) is 19.9. The Balaban J connectivity index is 1.87. The fourth-order valence-electron chi connectivity index (χ4n) is 3.74. The van der Waals surface area contributed by atoms with Crippen LogP contribution < -0.4 is 19.1 Å². The Morgan fingerprint density at radius 1 is 1.21 bits per heavy atom. The predicted octanol–water partition coefficient (Wildman–Crippen LogP) is 2.38. The Labute approximate surface area is 197 Å². The molecule has 0 amide bonds. The van der Waals surface area contributed by atoms with Gasteiger partial charge in [-0.3, -0.25) is 9.52 Å². The number of carboxylic acid groups (broad SMARTS) is 1. The molecule has 0 saturated carbocycles. The van der Waals surface area contributed by atoms with Crippen molar-refractivity contribution in [3.05, 3.63) is 36.0 Å². The maximum Gasteiger partial charge on any atom is 0.339 e. The van der Waals surface area contributed by atoms with E-state index in [1.807, 2.05) is 0 Å². The second kappa shape index (κ2) is 10.6. The molecular formula is C22H27N3O8S. The molecule has 1 saturated heterocycles. The second-order valence-corrected chi connectivity index (χ2v) is 9.24. The SMILES string of the molecule is CCOC(=O)[C@H]1CCCN(c2ncc(NS(=O)(=O)c3ccc(OC)c(OC)c3)cc2C(=O)O)C1. The number of methoxy groups -OCH3 is 2. The number of carboxylic acids is 1. The molecule has 11 nitrogen and oxygen atoms in total. The van der Waals surface area contributed by atoms with Gasteiger partial charge in [0.2, 0.25) is 0 Å². The predicted molar refractivity (Wildman–Crippen MR) is 123 cm³/mol. The smallest absolute Gasteiger partial charge is 0.339 e. The average Bonchev–Trinajstić information content (AvgIpc) is 2.83. The van der Waals surface area contributed by atoms with E-state index >= 15 is 0 Å².